The van der Waals surface area contributed by atoms with Crippen LogP contribution in [-0.2, 0) is 6.61 Å². The smallest absolute Gasteiger partial charge is 0.251 e. The third-order valence-electron chi connectivity index (χ3n) is 5.11. The summed E-state index contributed by atoms with van der Waals surface area (Å²) in [5, 5.41) is 3.16. The van der Waals surface area contributed by atoms with Gasteiger partial charge in [-0.3, -0.25) is 9.78 Å². The lowest BCUT2D eigenvalue weighted by Gasteiger charge is -2.20. The second kappa shape index (κ2) is 11.2. The average Bonchev–Trinajstić information content (AvgIpc) is 3.08. The summed E-state index contributed by atoms with van der Waals surface area (Å²) in [6, 6.07) is 7.86. The van der Waals surface area contributed by atoms with Crippen LogP contribution in [0, 0.1) is 19.8 Å². The molecule has 0 aliphatic heterocycles. The first kappa shape index (κ1) is 24.2. The van der Waals surface area contributed by atoms with Crippen molar-refractivity contribution in [2.45, 2.75) is 45.8 Å². The molecule has 5 nitrogen and oxygen atoms in total. The van der Waals surface area contributed by atoms with Crippen molar-refractivity contribution >= 4 is 30.7 Å². The molecule has 154 valence electrons. The first-order valence-electron chi connectivity index (χ1n) is 9.22. The second-order valence-corrected chi connectivity index (χ2v) is 7.10. The van der Waals surface area contributed by atoms with Gasteiger partial charge in [0.1, 0.15) is 12.4 Å². The fourth-order valence-electron chi connectivity index (χ4n) is 3.71. The number of carbonyl (C=O) groups is 1. The molecule has 1 heterocycles. The highest BCUT2D eigenvalue weighted by Crippen LogP contribution is 2.27. The fraction of sp³-hybridized carbons (Fsp3) is 0.429. The number of aromatic nitrogens is 1. The monoisotopic (exact) mass is 425 g/mol. The Labute approximate surface area is 179 Å². The molecule has 7 heteroatoms. The van der Waals surface area contributed by atoms with E-state index in [1.165, 1.54) is 0 Å². The molecule has 1 amide bonds. The first-order chi connectivity index (χ1) is 12.6. The highest BCUT2D eigenvalue weighted by Gasteiger charge is 2.27. The minimum atomic E-state index is -0.0274. The molecule has 3 rings (SSSR count). The van der Waals surface area contributed by atoms with Crippen molar-refractivity contribution in [1.29, 1.82) is 0 Å². The molecule has 0 saturated heterocycles. The minimum Gasteiger partial charge on any atom is -0.488 e. The highest BCUT2D eigenvalue weighted by molar-refractivity contribution is 5.95. The number of carbonyl (C=O) groups excluding carboxylic acids is 1. The van der Waals surface area contributed by atoms with E-state index in [9.17, 15) is 4.79 Å². The van der Waals surface area contributed by atoms with E-state index in [4.69, 9.17) is 10.5 Å². The van der Waals surface area contributed by atoms with Gasteiger partial charge in [-0.15, -0.1) is 24.8 Å². The third kappa shape index (κ3) is 5.84. The van der Waals surface area contributed by atoms with Crippen LogP contribution in [0.15, 0.2) is 36.7 Å². The minimum absolute atomic E-state index is 0. The summed E-state index contributed by atoms with van der Waals surface area (Å²) >= 11 is 0. The van der Waals surface area contributed by atoms with Crippen molar-refractivity contribution in [2.24, 2.45) is 11.7 Å². The van der Waals surface area contributed by atoms with Gasteiger partial charge in [0, 0.05) is 29.6 Å². The van der Waals surface area contributed by atoms with E-state index < -0.39 is 0 Å². The molecule has 1 aromatic carbocycles. The number of pyridine rings is 1. The number of halogens is 2. The van der Waals surface area contributed by atoms with Crippen LogP contribution >= 0.6 is 24.8 Å². The van der Waals surface area contributed by atoms with Crippen LogP contribution < -0.4 is 15.8 Å². The van der Waals surface area contributed by atoms with Gasteiger partial charge >= 0.3 is 0 Å². The molecule has 1 aromatic heterocycles. The molecule has 1 saturated carbocycles. The predicted molar refractivity (Wildman–Crippen MR) is 117 cm³/mol. The van der Waals surface area contributed by atoms with Gasteiger partial charge in [0.2, 0.25) is 0 Å². The zero-order chi connectivity index (χ0) is 18.5. The lowest BCUT2D eigenvalue weighted by molar-refractivity contribution is 0.0928. The number of hydrogen-bond donors (Lipinski definition) is 2. The van der Waals surface area contributed by atoms with Gasteiger partial charge in [-0.1, -0.05) is 12.5 Å². The van der Waals surface area contributed by atoms with Gasteiger partial charge < -0.3 is 15.8 Å². The number of rotatable bonds is 6. The van der Waals surface area contributed by atoms with Crippen molar-refractivity contribution in [1.82, 2.24) is 10.3 Å². The Balaban J connectivity index is 0.00000196. The van der Waals surface area contributed by atoms with Crippen molar-refractivity contribution in [3.8, 4) is 5.75 Å². The standard InChI is InChI=1S/C21H27N3O2.2ClH/c1-14-9-18(21(25)24-19-7-3-6-17(19)11-22)10-15(2)20(14)26-13-16-5-4-8-23-12-16;;/h4-5,8-10,12,17,19H,3,6-7,11,13,22H2,1-2H3,(H,24,25);2*1H. The van der Waals surface area contributed by atoms with Gasteiger partial charge in [-0.2, -0.15) is 0 Å². The number of nitrogens with zero attached hydrogens (tertiary/aromatic N) is 1. The normalized spacial score (nSPS) is 18.0. The predicted octanol–water partition coefficient (Wildman–Crippen LogP) is 3.98. The first-order valence-corrected chi connectivity index (χ1v) is 9.22. The van der Waals surface area contributed by atoms with E-state index >= 15 is 0 Å². The number of nitrogens with one attached hydrogen (secondary N) is 1. The van der Waals surface area contributed by atoms with Crippen LogP contribution in [0.2, 0.25) is 0 Å². The molecule has 2 aromatic rings. The molecule has 1 fully saturated rings. The van der Waals surface area contributed by atoms with Crippen LogP contribution in [0.1, 0.15) is 46.3 Å². The van der Waals surface area contributed by atoms with E-state index in [1.807, 2.05) is 38.1 Å². The molecule has 0 spiro atoms. The quantitative estimate of drug-likeness (QED) is 0.733. The number of benzene rings is 1. The Hall–Kier alpha value is -1.82. The van der Waals surface area contributed by atoms with E-state index in [2.05, 4.69) is 10.3 Å². The van der Waals surface area contributed by atoms with Crippen LogP contribution in [0.25, 0.3) is 0 Å². The highest BCUT2D eigenvalue weighted by atomic mass is 35.5. The third-order valence-corrected chi connectivity index (χ3v) is 5.11. The van der Waals surface area contributed by atoms with E-state index in [0.717, 1.165) is 41.7 Å². The molecule has 0 bridgehead atoms. The summed E-state index contributed by atoms with van der Waals surface area (Å²) < 4.78 is 5.97. The van der Waals surface area contributed by atoms with Crippen LogP contribution in [0.3, 0.4) is 0 Å². The topological polar surface area (TPSA) is 77.2 Å². The Kier molecular flexibility index (Phi) is 9.73. The Morgan fingerprint density at radius 3 is 2.57 bits per heavy atom. The molecule has 1 aliphatic carbocycles. The Morgan fingerprint density at radius 2 is 1.96 bits per heavy atom. The van der Waals surface area contributed by atoms with E-state index in [0.29, 0.717) is 24.6 Å². The summed E-state index contributed by atoms with van der Waals surface area (Å²) in [5.74, 6) is 1.19. The number of aryl methyl sites for hydroxylation is 2. The second-order valence-electron chi connectivity index (χ2n) is 7.10. The fourth-order valence-corrected chi connectivity index (χ4v) is 3.71. The zero-order valence-corrected chi connectivity index (χ0v) is 17.9. The van der Waals surface area contributed by atoms with Crippen molar-refractivity contribution < 1.29 is 9.53 Å². The summed E-state index contributed by atoms with van der Waals surface area (Å²) in [4.78, 5) is 16.8. The van der Waals surface area contributed by atoms with Crippen LogP contribution in [-0.4, -0.2) is 23.5 Å². The van der Waals surface area contributed by atoms with Gasteiger partial charge in [-0.25, -0.2) is 0 Å². The van der Waals surface area contributed by atoms with Crippen LogP contribution in [0.5, 0.6) is 5.75 Å². The molecule has 3 N–H and O–H groups in total. The summed E-state index contributed by atoms with van der Waals surface area (Å²) in [6.45, 7) is 5.03. The zero-order valence-electron chi connectivity index (χ0n) is 16.3. The van der Waals surface area contributed by atoms with Crippen LogP contribution in [0.4, 0.5) is 0 Å². The lowest BCUT2D eigenvalue weighted by Crippen LogP contribution is -2.39. The number of amides is 1. The molecular formula is C21H29Cl2N3O2. The van der Waals surface area contributed by atoms with Crippen molar-refractivity contribution in [3.63, 3.8) is 0 Å². The SMILES string of the molecule is Cc1cc(C(=O)NC2CCCC2CN)cc(C)c1OCc1cccnc1.Cl.Cl. The van der Waals surface area contributed by atoms with Crippen molar-refractivity contribution in [3.05, 3.63) is 58.9 Å². The lowest BCUT2D eigenvalue weighted by atomic mass is 10.0. The largest absolute Gasteiger partial charge is 0.488 e. The average molecular weight is 426 g/mol. The molecular weight excluding hydrogens is 397 g/mol. The summed E-state index contributed by atoms with van der Waals surface area (Å²) in [6.07, 6.45) is 6.78. The Bertz CT molecular complexity index is 748. The summed E-state index contributed by atoms with van der Waals surface area (Å²) in [7, 11) is 0. The molecule has 28 heavy (non-hydrogen) atoms. The van der Waals surface area contributed by atoms with Gasteiger partial charge in [-0.05, 0) is 68.5 Å². The molecule has 2 unspecified atom stereocenters. The number of ether oxygens (including phenoxy) is 1. The maximum Gasteiger partial charge on any atom is 0.251 e. The maximum atomic E-state index is 12.7. The van der Waals surface area contributed by atoms with Gasteiger partial charge in [0.15, 0.2) is 0 Å². The maximum absolute atomic E-state index is 12.7. The van der Waals surface area contributed by atoms with Crippen molar-refractivity contribution in [2.75, 3.05) is 6.54 Å². The number of hydrogen-bond acceptors (Lipinski definition) is 4. The molecule has 0 radical (unpaired) electrons. The molecule has 1 aliphatic rings. The Morgan fingerprint density at radius 1 is 1.25 bits per heavy atom. The van der Waals surface area contributed by atoms with E-state index in [-0.39, 0.29) is 36.8 Å². The summed E-state index contributed by atoms with van der Waals surface area (Å²) in [5.41, 5.74) is 9.43. The van der Waals surface area contributed by atoms with Gasteiger partial charge in [0.25, 0.3) is 5.91 Å². The van der Waals surface area contributed by atoms with Gasteiger partial charge in [0.05, 0.1) is 0 Å². The van der Waals surface area contributed by atoms with E-state index in [1.54, 1.807) is 12.4 Å². The number of nitrogens with two attached hydrogens (primary N) is 1. The molecule has 2 atom stereocenters.